The van der Waals surface area contributed by atoms with Gasteiger partial charge in [0.25, 0.3) is 0 Å². The molecule has 4 rings (SSSR count). The molecule has 1 aliphatic carbocycles. The van der Waals surface area contributed by atoms with Crippen LogP contribution in [0.25, 0.3) is 0 Å². The first-order valence-electron chi connectivity index (χ1n) is 7.67. The first-order valence-corrected chi connectivity index (χ1v) is 8.55. The molecule has 108 valence electrons. The summed E-state index contributed by atoms with van der Waals surface area (Å²) < 4.78 is 0. The fraction of sp³-hybridized carbons (Fsp3) is 0.389. The van der Waals surface area contributed by atoms with Crippen molar-refractivity contribution in [3.05, 3.63) is 51.7 Å². The first kappa shape index (κ1) is 13.1. The quantitative estimate of drug-likeness (QED) is 0.782. The number of rotatable bonds is 2. The van der Waals surface area contributed by atoms with Gasteiger partial charge in [-0.2, -0.15) is 0 Å². The molecule has 21 heavy (non-hydrogen) atoms. The monoisotopic (exact) mass is 296 g/mol. The Morgan fingerprint density at radius 1 is 1.19 bits per heavy atom. The molecule has 1 aromatic heterocycles. The fourth-order valence-corrected chi connectivity index (χ4v) is 4.29. The Bertz CT molecular complexity index is 697. The summed E-state index contributed by atoms with van der Waals surface area (Å²) >= 11 is 1.88. The normalized spacial score (nSPS) is 21.7. The Morgan fingerprint density at radius 3 is 2.71 bits per heavy atom. The van der Waals surface area contributed by atoms with Crippen LogP contribution in [0.4, 0.5) is 5.69 Å². The van der Waals surface area contributed by atoms with Gasteiger partial charge in [0.15, 0.2) is 0 Å². The number of nitrogens with zero attached hydrogens (tertiary/aromatic N) is 2. The molecule has 1 saturated carbocycles. The van der Waals surface area contributed by atoms with Crippen molar-refractivity contribution in [1.29, 1.82) is 0 Å². The molecule has 0 bridgehead atoms. The van der Waals surface area contributed by atoms with Crippen LogP contribution in [-0.4, -0.2) is 17.8 Å². The van der Waals surface area contributed by atoms with E-state index in [0.717, 1.165) is 6.42 Å². The van der Waals surface area contributed by atoms with Crippen molar-refractivity contribution >= 4 is 22.9 Å². The van der Waals surface area contributed by atoms with Gasteiger partial charge in [0.1, 0.15) is 5.84 Å². The zero-order valence-corrected chi connectivity index (χ0v) is 13.4. The Labute approximate surface area is 130 Å². The summed E-state index contributed by atoms with van der Waals surface area (Å²) in [6.07, 6.45) is 3.64. The van der Waals surface area contributed by atoms with Gasteiger partial charge in [0.05, 0.1) is 11.7 Å². The van der Waals surface area contributed by atoms with Gasteiger partial charge in [-0.3, -0.25) is 0 Å². The molecule has 0 saturated heterocycles. The lowest BCUT2D eigenvalue weighted by atomic mass is 10.0. The van der Waals surface area contributed by atoms with Crippen molar-refractivity contribution in [3.8, 4) is 0 Å². The van der Waals surface area contributed by atoms with Gasteiger partial charge in [-0.15, -0.1) is 11.3 Å². The summed E-state index contributed by atoms with van der Waals surface area (Å²) in [6.45, 7) is 2.23. The number of hydrogen-bond donors (Lipinski definition) is 0. The van der Waals surface area contributed by atoms with Gasteiger partial charge < -0.3 is 4.90 Å². The van der Waals surface area contributed by atoms with Gasteiger partial charge in [-0.1, -0.05) is 18.2 Å². The predicted octanol–water partition coefficient (Wildman–Crippen LogP) is 4.73. The van der Waals surface area contributed by atoms with Crippen LogP contribution in [0.15, 0.2) is 40.7 Å². The summed E-state index contributed by atoms with van der Waals surface area (Å²) in [6, 6.07) is 11.3. The minimum absolute atomic E-state index is 0.424. The van der Waals surface area contributed by atoms with Crippen LogP contribution in [0.2, 0.25) is 0 Å². The maximum Gasteiger partial charge on any atom is 0.108 e. The van der Waals surface area contributed by atoms with Crippen molar-refractivity contribution in [2.45, 2.75) is 32.2 Å². The number of aliphatic imine (C=N–C) groups is 1. The van der Waals surface area contributed by atoms with E-state index in [2.05, 4.69) is 54.6 Å². The van der Waals surface area contributed by atoms with Crippen LogP contribution >= 0.6 is 11.3 Å². The van der Waals surface area contributed by atoms with Crippen LogP contribution in [0.3, 0.4) is 0 Å². The van der Waals surface area contributed by atoms with Crippen molar-refractivity contribution in [2.75, 3.05) is 7.05 Å². The van der Waals surface area contributed by atoms with Crippen LogP contribution < -0.4 is 0 Å². The molecule has 2 heterocycles. The number of hydrogen-bond acceptors (Lipinski definition) is 3. The Balaban J connectivity index is 1.83. The number of para-hydroxylation sites is 1. The third kappa shape index (κ3) is 2.30. The average Bonchev–Trinajstić information content (AvgIpc) is 3.26. The molecule has 0 amide bonds. The third-order valence-electron chi connectivity index (χ3n) is 4.62. The lowest BCUT2D eigenvalue weighted by molar-refractivity contribution is 0.371. The summed E-state index contributed by atoms with van der Waals surface area (Å²) in [5.41, 5.74) is 3.95. The van der Waals surface area contributed by atoms with E-state index in [4.69, 9.17) is 4.99 Å². The van der Waals surface area contributed by atoms with E-state index in [1.807, 2.05) is 11.3 Å². The molecule has 2 aromatic rings. The zero-order valence-electron chi connectivity index (χ0n) is 12.5. The highest BCUT2D eigenvalue weighted by Gasteiger charge is 2.35. The van der Waals surface area contributed by atoms with Crippen molar-refractivity contribution in [1.82, 2.24) is 4.90 Å². The highest BCUT2D eigenvalue weighted by Crippen LogP contribution is 2.41. The lowest BCUT2D eigenvalue weighted by Crippen LogP contribution is -2.32. The number of amidine groups is 1. The second kappa shape index (κ2) is 4.99. The van der Waals surface area contributed by atoms with E-state index in [-0.39, 0.29) is 0 Å². The molecule has 2 nitrogen and oxygen atoms in total. The maximum atomic E-state index is 5.02. The number of fused-ring (bicyclic) bond motifs is 1. The highest BCUT2D eigenvalue weighted by atomic mass is 32.1. The van der Waals surface area contributed by atoms with E-state index >= 15 is 0 Å². The van der Waals surface area contributed by atoms with Crippen LogP contribution in [0, 0.1) is 12.8 Å². The van der Waals surface area contributed by atoms with E-state index in [0.29, 0.717) is 12.0 Å². The molecule has 1 fully saturated rings. The van der Waals surface area contributed by atoms with Crippen molar-refractivity contribution < 1.29 is 0 Å². The third-order valence-corrected chi connectivity index (χ3v) is 5.74. The fourth-order valence-electron chi connectivity index (χ4n) is 3.21. The van der Waals surface area contributed by atoms with Crippen molar-refractivity contribution in [3.63, 3.8) is 0 Å². The van der Waals surface area contributed by atoms with E-state index < -0.39 is 0 Å². The summed E-state index contributed by atoms with van der Waals surface area (Å²) in [5.74, 6) is 1.96. The largest absolute Gasteiger partial charge is 0.355 e. The standard InChI is InChI=1S/C18H20N2S/c1-12-9-10-21-17(12)16-11-14-5-3-4-6-15(14)19-18(20(16)2)13-7-8-13/h3-6,9-10,13,16H,7-8,11H2,1-2H3. The van der Waals surface area contributed by atoms with Gasteiger partial charge in [-0.25, -0.2) is 4.99 Å². The minimum atomic E-state index is 0.424. The van der Waals surface area contributed by atoms with E-state index in [9.17, 15) is 0 Å². The molecule has 1 aromatic carbocycles. The molecule has 3 heteroatoms. The molecule has 1 unspecified atom stereocenters. The molecule has 1 atom stereocenters. The van der Waals surface area contributed by atoms with Gasteiger partial charge in [-0.05, 0) is 54.8 Å². The molecular formula is C18H20N2S. The predicted molar refractivity (Wildman–Crippen MR) is 89.5 cm³/mol. The average molecular weight is 296 g/mol. The second-order valence-corrected chi connectivity index (χ2v) is 7.12. The Kier molecular flexibility index (Phi) is 3.11. The molecule has 0 N–H and O–H groups in total. The molecule has 0 radical (unpaired) electrons. The van der Waals surface area contributed by atoms with Gasteiger partial charge in [0.2, 0.25) is 0 Å². The maximum absolute atomic E-state index is 5.02. The number of thiophene rings is 1. The summed E-state index contributed by atoms with van der Waals surface area (Å²) in [4.78, 5) is 8.95. The lowest BCUT2D eigenvalue weighted by Gasteiger charge is -2.29. The van der Waals surface area contributed by atoms with E-state index in [1.165, 1.54) is 40.4 Å². The van der Waals surface area contributed by atoms with Crippen LogP contribution in [0.5, 0.6) is 0 Å². The number of benzene rings is 1. The van der Waals surface area contributed by atoms with E-state index in [1.54, 1.807) is 0 Å². The highest BCUT2D eigenvalue weighted by molar-refractivity contribution is 7.10. The molecule has 1 aliphatic heterocycles. The van der Waals surface area contributed by atoms with Crippen LogP contribution in [-0.2, 0) is 6.42 Å². The SMILES string of the molecule is Cc1ccsc1C1Cc2ccccc2N=C(C2CC2)N1C. The Hall–Kier alpha value is -1.61. The first-order chi connectivity index (χ1) is 10.2. The number of aryl methyl sites for hydroxylation is 1. The Morgan fingerprint density at radius 2 is 2.00 bits per heavy atom. The van der Waals surface area contributed by atoms with Gasteiger partial charge >= 0.3 is 0 Å². The summed E-state index contributed by atoms with van der Waals surface area (Å²) in [7, 11) is 2.23. The topological polar surface area (TPSA) is 15.6 Å². The zero-order chi connectivity index (χ0) is 14.4. The minimum Gasteiger partial charge on any atom is -0.355 e. The molecular weight excluding hydrogens is 276 g/mol. The van der Waals surface area contributed by atoms with Crippen molar-refractivity contribution in [2.24, 2.45) is 10.9 Å². The summed E-state index contributed by atoms with van der Waals surface area (Å²) in [5, 5.41) is 2.21. The number of likely N-dealkylation sites (N-methyl/N-ethyl adjacent to an activating group) is 1. The molecule has 2 aliphatic rings. The smallest absolute Gasteiger partial charge is 0.108 e. The molecule has 0 spiro atoms. The van der Waals surface area contributed by atoms with Crippen LogP contribution in [0.1, 0.15) is 34.9 Å². The second-order valence-electron chi connectivity index (χ2n) is 6.17. The van der Waals surface area contributed by atoms with Gasteiger partial charge in [0, 0.05) is 17.8 Å².